The molecule has 2 heterocycles. The third-order valence-electron chi connectivity index (χ3n) is 3.68. The van der Waals surface area contributed by atoms with E-state index < -0.39 is 21.3 Å². The molecule has 0 saturated carbocycles. The van der Waals surface area contributed by atoms with E-state index in [0.717, 1.165) is 32.4 Å². The summed E-state index contributed by atoms with van der Waals surface area (Å²) in [6.07, 6.45) is 5.18. The second-order valence-corrected chi connectivity index (χ2v) is 6.18. The maximum atomic E-state index is 11.8. The van der Waals surface area contributed by atoms with E-state index in [1.165, 1.54) is 6.42 Å². The summed E-state index contributed by atoms with van der Waals surface area (Å²) in [5.74, 6) is 0.307. The molecule has 2 fully saturated rings. The van der Waals surface area contributed by atoms with Crippen molar-refractivity contribution >= 4 is 11.6 Å². The molecule has 15 heavy (non-hydrogen) atoms. The van der Waals surface area contributed by atoms with Gasteiger partial charge >= 0.3 is 103 Å². The van der Waals surface area contributed by atoms with Gasteiger partial charge in [0.1, 0.15) is 0 Å². The Morgan fingerprint density at radius 2 is 2.00 bits per heavy atom. The van der Waals surface area contributed by atoms with Gasteiger partial charge in [0.25, 0.3) is 0 Å². The molecule has 0 aromatic carbocycles. The molecule has 0 aliphatic carbocycles. The molecule has 0 bridgehead atoms. The summed E-state index contributed by atoms with van der Waals surface area (Å²) in [6.45, 7) is 2.21. The molecular weight excluding hydrogens is 302 g/mol. The van der Waals surface area contributed by atoms with Gasteiger partial charge in [-0.25, -0.2) is 0 Å². The molecule has 84 valence electrons. The number of nitrogens with zero attached hydrogens (tertiary/aromatic N) is 2. The van der Waals surface area contributed by atoms with Crippen LogP contribution in [0, 0.1) is 0 Å². The van der Waals surface area contributed by atoms with Crippen molar-refractivity contribution in [2.24, 2.45) is 0 Å². The second-order valence-electron chi connectivity index (χ2n) is 4.65. The average Bonchev–Trinajstić information content (AvgIpc) is 2.23. The first-order valence-corrected chi connectivity index (χ1v) is 7.74. The van der Waals surface area contributed by atoms with E-state index in [2.05, 4.69) is 11.9 Å². The van der Waals surface area contributed by atoms with Crippen LogP contribution in [0.2, 0.25) is 0 Å². The summed E-state index contributed by atoms with van der Waals surface area (Å²) in [4.78, 5) is 14.2. The van der Waals surface area contributed by atoms with Gasteiger partial charge in [-0.3, -0.25) is 0 Å². The molecule has 1 amide bonds. The first kappa shape index (κ1) is 11.7. The van der Waals surface area contributed by atoms with E-state index in [0.29, 0.717) is 12.3 Å². The third kappa shape index (κ3) is 2.18. The van der Waals surface area contributed by atoms with Crippen LogP contribution in [0.5, 0.6) is 0 Å². The molecule has 2 aliphatic rings. The zero-order valence-electron chi connectivity index (χ0n) is 9.21. The molecule has 0 aromatic rings. The molecule has 0 aromatic heterocycles. The Kier molecular flexibility index (Phi) is 3.60. The Hall–Kier alpha value is 0.225. The summed E-state index contributed by atoms with van der Waals surface area (Å²) in [6, 6.07) is 0. The van der Waals surface area contributed by atoms with Crippen LogP contribution in [-0.4, -0.2) is 45.3 Å². The van der Waals surface area contributed by atoms with E-state index in [9.17, 15) is 4.79 Å². The summed E-state index contributed by atoms with van der Waals surface area (Å²) < 4.78 is 2.04. The SMILES string of the molecule is [B][I-]N1C(=O)CCCC12CCN(C)CC2. The molecule has 2 rings (SSSR count). The number of likely N-dealkylation sites (tertiary alicyclic amines) is 1. The predicted molar refractivity (Wildman–Crippen MR) is 55.9 cm³/mol. The molecular formula is C10H17BIN2O-. The Morgan fingerprint density at radius 3 is 2.60 bits per heavy atom. The fourth-order valence-electron chi connectivity index (χ4n) is 2.67. The van der Waals surface area contributed by atoms with Crippen molar-refractivity contribution in [3.05, 3.63) is 0 Å². The topological polar surface area (TPSA) is 23.6 Å². The monoisotopic (exact) mass is 319 g/mol. The molecule has 0 atom stereocenters. The van der Waals surface area contributed by atoms with Crippen LogP contribution in [0.15, 0.2) is 0 Å². The number of hydrogen-bond acceptors (Lipinski definition) is 2. The summed E-state index contributed by atoms with van der Waals surface area (Å²) in [5.41, 5.74) is 5.98. The van der Waals surface area contributed by atoms with Crippen LogP contribution in [0.1, 0.15) is 32.1 Å². The van der Waals surface area contributed by atoms with E-state index in [-0.39, 0.29) is 5.54 Å². The van der Waals surface area contributed by atoms with Gasteiger partial charge in [0, 0.05) is 0 Å². The molecule has 2 aliphatic heterocycles. The van der Waals surface area contributed by atoms with Crippen LogP contribution in [-0.2, 0) is 4.79 Å². The van der Waals surface area contributed by atoms with Crippen molar-refractivity contribution in [3.63, 3.8) is 0 Å². The number of carbonyl (C=O) groups excluding carboxylic acids is 1. The number of hydrogen-bond donors (Lipinski definition) is 0. The van der Waals surface area contributed by atoms with Gasteiger partial charge in [-0.1, -0.05) is 0 Å². The maximum absolute atomic E-state index is 11.8. The van der Waals surface area contributed by atoms with Gasteiger partial charge in [-0.15, -0.1) is 0 Å². The standard InChI is InChI=1S/C10H17BIN2O/c1-13-7-5-10(6-8-13)4-2-3-9(15)14(10)12-11/h2-8H2,1H3/q-1. The van der Waals surface area contributed by atoms with Crippen molar-refractivity contribution < 1.29 is 26.1 Å². The number of carbonyl (C=O) groups is 1. The van der Waals surface area contributed by atoms with Crippen molar-refractivity contribution in [3.8, 4) is 0 Å². The van der Waals surface area contributed by atoms with Gasteiger partial charge in [-0.2, -0.15) is 0 Å². The Balaban J connectivity index is 2.13. The van der Waals surface area contributed by atoms with Crippen LogP contribution in [0.4, 0.5) is 0 Å². The normalized spacial score (nSPS) is 27.5. The number of rotatable bonds is 1. The predicted octanol–water partition coefficient (Wildman–Crippen LogP) is -2.45. The van der Waals surface area contributed by atoms with Crippen molar-refractivity contribution in [2.75, 3.05) is 20.1 Å². The number of piperidine rings is 2. The number of amides is 1. The fraction of sp³-hybridized carbons (Fsp3) is 0.900. The van der Waals surface area contributed by atoms with E-state index >= 15 is 0 Å². The van der Waals surface area contributed by atoms with Crippen LogP contribution in [0.3, 0.4) is 0 Å². The average molecular weight is 319 g/mol. The van der Waals surface area contributed by atoms with Gasteiger partial charge in [0.2, 0.25) is 0 Å². The third-order valence-corrected chi connectivity index (χ3v) is 5.80. The Morgan fingerprint density at radius 1 is 1.33 bits per heavy atom. The molecule has 0 unspecified atom stereocenters. The molecule has 5 heteroatoms. The molecule has 2 radical (unpaired) electrons. The van der Waals surface area contributed by atoms with Gasteiger partial charge in [-0.05, 0) is 0 Å². The van der Waals surface area contributed by atoms with Crippen molar-refractivity contribution in [1.82, 2.24) is 8.01 Å². The zero-order chi connectivity index (χ0) is 10.9. The Labute approximate surface area is 103 Å². The summed E-state index contributed by atoms with van der Waals surface area (Å²) in [7, 11) is 2.15. The van der Waals surface area contributed by atoms with Crippen LogP contribution >= 0.6 is 0 Å². The van der Waals surface area contributed by atoms with Crippen molar-refractivity contribution in [1.29, 1.82) is 0 Å². The van der Waals surface area contributed by atoms with E-state index in [1.54, 1.807) is 0 Å². The van der Waals surface area contributed by atoms with Crippen LogP contribution < -0.4 is 21.3 Å². The van der Waals surface area contributed by atoms with E-state index in [1.807, 2.05) is 3.11 Å². The quantitative estimate of drug-likeness (QED) is 0.304. The first-order chi connectivity index (χ1) is 7.18. The van der Waals surface area contributed by atoms with Gasteiger partial charge < -0.3 is 0 Å². The minimum atomic E-state index is -0.578. The minimum absolute atomic E-state index is 0.143. The van der Waals surface area contributed by atoms with Crippen LogP contribution in [0.25, 0.3) is 0 Å². The summed E-state index contributed by atoms with van der Waals surface area (Å²) >= 11 is -0.578. The second kappa shape index (κ2) is 4.61. The van der Waals surface area contributed by atoms with Gasteiger partial charge in [0.15, 0.2) is 0 Å². The first-order valence-electron chi connectivity index (χ1n) is 5.53. The van der Waals surface area contributed by atoms with E-state index in [4.69, 9.17) is 5.70 Å². The summed E-state index contributed by atoms with van der Waals surface area (Å²) in [5, 5.41) is 0. The Bertz CT molecular complexity index is 254. The zero-order valence-corrected chi connectivity index (χ0v) is 11.4. The number of halogens is 1. The van der Waals surface area contributed by atoms with Crippen molar-refractivity contribution in [2.45, 2.75) is 37.6 Å². The molecule has 0 N–H and O–H groups in total. The fourth-order valence-corrected chi connectivity index (χ4v) is 4.53. The van der Waals surface area contributed by atoms with Gasteiger partial charge in [0.05, 0.1) is 0 Å². The molecule has 3 nitrogen and oxygen atoms in total. The molecule has 1 spiro atoms. The molecule has 2 saturated heterocycles.